The molecule has 0 saturated heterocycles. The summed E-state index contributed by atoms with van der Waals surface area (Å²) in [6.45, 7) is 1.81. The number of aromatic nitrogens is 1. The molecule has 4 aromatic rings. The van der Waals surface area contributed by atoms with E-state index < -0.39 is 6.04 Å². The molecule has 1 aliphatic rings. The van der Waals surface area contributed by atoms with E-state index in [1.165, 1.54) is 11.3 Å². The summed E-state index contributed by atoms with van der Waals surface area (Å²) in [7, 11) is 1.59. The topological polar surface area (TPSA) is 72.7 Å². The second-order valence-corrected chi connectivity index (χ2v) is 9.52. The number of nitrogens with zero attached hydrogens (tertiary/aromatic N) is 2. The van der Waals surface area contributed by atoms with E-state index in [0.717, 1.165) is 11.1 Å². The maximum Gasteiger partial charge on any atom is 0.271 e. The van der Waals surface area contributed by atoms with Gasteiger partial charge < -0.3 is 10.1 Å². The zero-order valence-electron chi connectivity index (χ0n) is 18.5. The zero-order valence-corrected chi connectivity index (χ0v) is 20.2. The van der Waals surface area contributed by atoms with Gasteiger partial charge in [-0.3, -0.25) is 14.2 Å². The fourth-order valence-corrected chi connectivity index (χ4v) is 5.63. The third-order valence-electron chi connectivity index (χ3n) is 5.55. The van der Waals surface area contributed by atoms with Gasteiger partial charge >= 0.3 is 0 Å². The van der Waals surface area contributed by atoms with E-state index in [4.69, 9.17) is 4.74 Å². The van der Waals surface area contributed by atoms with Crippen LogP contribution in [0.3, 0.4) is 0 Å². The van der Waals surface area contributed by atoms with Crippen molar-refractivity contribution in [3.63, 3.8) is 0 Å². The Labute approximate surface area is 203 Å². The molecule has 0 radical (unpaired) electrons. The molecule has 1 unspecified atom stereocenters. The molecule has 0 bridgehead atoms. The number of thiophene rings is 1. The molecule has 170 valence electrons. The first-order valence-corrected chi connectivity index (χ1v) is 12.4. The van der Waals surface area contributed by atoms with E-state index in [1.54, 1.807) is 23.0 Å². The van der Waals surface area contributed by atoms with Crippen molar-refractivity contribution in [1.82, 2.24) is 4.57 Å². The molecule has 0 fully saturated rings. The number of fused-ring (bicyclic) bond motifs is 1. The van der Waals surface area contributed by atoms with Crippen LogP contribution in [0.15, 0.2) is 92.5 Å². The predicted octanol–water partition coefficient (Wildman–Crippen LogP) is 3.94. The van der Waals surface area contributed by atoms with E-state index in [0.29, 0.717) is 32.0 Å². The molecule has 8 heteroatoms. The third-order valence-corrected chi connectivity index (χ3v) is 7.23. The van der Waals surface area contributed by atoms with E-state index in [9.17, 15) is 9.59 Å². The molecule has 0 saturated carbocycles. The Balaban J connectivity index is 1.70. The number of rotatable bonds is 5. The molecule has 6 nitrogen and oxygen atoms in total. The van der Waals surface area contributed by atoms with Crippen molar-refractivity contribution in [3.8, 4) is 5.75 Å². The maximum atomic E-state index is 13.6. The molecular weight excluding hydrogens is 466 g/mol. The molecule has 3 heterocycles. The number of ether oxygens (including phenoxy) is 1. The molecular formula is C26H21N3O3S2. The van der Waals surface area contributed by atoms with Gasteiger partial charge in [-0.2, -0.15) is 11.3 Å². The molecule has 0 spiro atoms. The Kier molecular flexibility index (Phi) is 6.00. The Bertz CT molecular complexity index is 1570. The average Bonchev–Trinajstić information content (AvgIpc) is 3.47. The van der Waals surface area contributed by atoms with Gasteiger partial charge in [0.2, 0.25) is 0 Å². The second-order valence-electron chi connectivity index (χ2n) is 7.74. The Hall–Kier alpha value is -3.75. The minimum absolute atomic E-state index is 0.180. The first-order valence-electron chi connectivity index (χ1n) is 10.6. The van der Waals surface area contributed by atoms with Crippen LogP contribution in [-0.2, 0) is 4.79 Å². The molecule has 1 atom stereocenters. The van der Waals surface area contributed by atoms with Crippen molar-refractivity contribution in [2.75, 3.05) is 12.4 Å². The molecule has 1 amide bonds. The molecule has 34 heavy (non-hydrogen) atoms. The normalized spacial score (nSPS) is 15.6. The highest BCUT2D eigenvalue weighted by atomic mass is 32.1. The summed E-state index contributed by atoms with van der Waals surface area (Å²) in [4.78, 5) is 32.4. The summed E-state index contributed by atoms with van der Waals surface area (Å²) in [6, 6.07) is 18.0. The summed E-state index contributed by atoms with van der Waals surface area (Å²) in [5.41, 5.74) is 3.23. The number of allylic oxidation sites excluding steroid dienone is 1. The first-order chi connectivity index (χ1) is 16.5. The SMILES string of the molecule is COc1cccc(C2C(C(=O)Nc3ccccc3)=C(C)N=c3s/c(=C/c4ccsc4)c(=O)n32)c1. The molecule has 1 aliphatic heterocycles. The van der Waals surface area contributed by atoms with Crippen LogP contribution in [0.5, 0.6) is 5.75 Å². The smallest absolute Gasteiger partial charge is 0.271 e. The van der Waals surface area contributed by atoms with Crippen LogP contribution in [0.1, 0.15) is 24.1 Å². The van der Waals surface area contributed by atoms with Gasteiger partial charge in [0.25, 0.3) is 11.5 Å². The number of hydrogen-bond acceptors (Lipinski definition) is 6. The number of carbonyl (C=O) groups is 1. The predicted molar refractivity (Wildman–Crippen MR) is 136 cm³/mol. The zero-order chi connectivity index (χ0) is 23.7. The fourth-order valence-electron chi connectivity index (χ4n) is 3.97. The van der Waals surface area contributed by atoms with Gasteiger partial charge in [-0.15, -0.1) is 0 Å². The number of methoxy groups -OCH3 is 1. The van der Waals surface area contributed by atoms with Crippen molar-refractivity contribution < 1.29 is 9.53 Å². The second kappa shape index (κ2) is 9.24. The third kappa shape index (κ3) is 4.13. The number of amides is 1. The highest BCUT2D eigenvalue weighted by Crippen LogP contribution is 2.32. The van der Waals surface area contributed by atoms with Gasteiger partial charge in [0, 0.05) is 5.69 Å². The van der Waals surface area contributed by atoms with Crippen molar-refractivity contribution >= 4 is 40.3 Å². The minimum Gasteiger partial charge on any atom is -0.497 e. The Morgan fingerprint density at radius 2 is 1.97 bits per heavy atom. The largest absolute Gasteiger partial charge is 0.497 e. The van der Waals surface area contributed by atoms with Gasteiger partial charge in [-0.1, -0.05) is 41.7 Å². The van der Waals surface area contributed by atoms with Gasteiger partial charge in [0.05, 0.1) is 29.0 Å². The summed E-state index contributed by atoms with van der Waals surface area (Å²) < 4.78 is 7.62. The number of hydrogen-bond donors (Lipinski definition) is 1. The lowest BCUT2D eigenvalue weighted by atomic mass is 9.95. The highest BCUT2D eigenvalue weighted by molar-refractivity contribution is 7.08. The Morgan fingerprint density at radius 3 is 2.71 bits per heavy atom. The first kappa shape index (κ1) is 22.1. The van der Waals surface area contributed by atoms with Gasteiger partial charge in [-0.05, 0) is 65.2 Å². The lowest BCUT2D eigenvalue weighted by molar-refractivity contribution is -0.113. The number of benzene rings is 2. The van der Waals surface area contributed by atoms with E-state index in [1.807, 2.05) is 84.4 Å². The van der Waals surface area contributed by atoms with E-state index in [-0.39, 0.29) is 11.5 Å². The van der Waals surface area contributed by atoms with Crippen LogP contribution in [0.4, 0.5) is 5.69 Å². The summed E-state index contributed by atoms with van der Waals surface area (Å²) >= 11 is 2.90. The standard InChI is InChI=1S/C26H21N3O3S2/c1-16-22(24(30)28-19-8-4-3-5-9-19)23(18-7-6-10-20(14-18)32-2)29-25(31)21(34-26(29)27-16)13-17-11-12-33-15-17/h3-15,23H,1-2H3,(H,28,30)/b21-13+. The summed E-state index contributed by atoms with van der Waals surface area (Å²) in [6.07, 6.45) is 1.87. The van der Waals surface area contributed by atoms with Crippen LogP contribution in [-0.4, -0.2) is 17.6 Å². The molecule has 0 aliphatic carbocycles. The fraction of sp³-hybridized carbons (Fsp3) is 0.115. The number of nitrogens with one attached hydrogen (secondary N) is 1. The monoisotopic (exact) mass is 487 g/mol. The molecule has 1 N–H and O–H groups in total. The van der Waals surface area contributed by atoms with Gasteiger partial charge in [-0.25, -0.2) is 4.99 Å². The van der Waals surface area contributed by atoms with Crippen molar-refractivity contribution in [3.05, 3.63) is 114 Å². The van der Waals surface area contributed by atoms with Crippen LogP contribution >= 0.6 is 22.7 Å². The van der Waals surface area contributed by atoms with Gasteiger partial charge in [0.15, 0.2) is 4.80 Å². The number of thiazole rings is 1. The van der Waals surface area contributed by atoms with Crippen LogP contribution in [0.2, 0.25) is 0 Å². The van der Waals surface area contributed by atoms with Crippen molar-refractivity contribution in [2.45, 2.75) is 13.0 Å². The Morgan fingerprint density at radius 1 is 1.15 bits per heavy atom. The lowest BCUT2D eigenvalue weighted by Gasteiger charge is -2.25. The summed E-state index contributed by atoms with van der Waals surface area (Å²) in [5, 5.41) is 6.92. The highest BCUT2D eigenvalue weighted by Gasteiger charge is 2.32. The number of carbonyl (C=O) groups excluding carboxylic acids is 1. The van der Waals surface area contributed by atoms with Crippen LogP contribution in [0, 0.1) is 0 Å². The van der Waals surface area contributed by atoms with Crippen LogP contribution < -0.4 is 24.9 Å². The minimum atomic E-state index is -0.639. The van der Waals surface area contributed by atoms with Crippen molar-refractivity contribution in [1.29, 1.82) is 0 Å². The molecule has 2 aromatic heterocycles. The van der Waals surface area contributed by atoms with E-state index in [2.05, 4.69) is 10.3 Å². The number of anilines is 1. The van der Waals surface area contributed by atoms with E-state index >= 15 is 0 Å². The number of para-hydroxylation sites is 1. The average molecular weight is 488 g/mol. The van der Waals surface area contributed by atoms with Gasteiger partial charge in [0.1, 0.15) is 5.75 Å². The van der Waals surface area contributed by atoms with Crippen LogP contribution in [0.25, 0.3) is 6.08 Å². The maximum absolute atomic E-state index is 13.6. The summed E-state index contributed by atoms with van der Waals surface area (Å²) in [5.74, 6) is 0.350. The van der Waals surface area contributed by atoms with Crippen molar-refractivity contribution in [2.24, 2.45) is 4.99 Å². The molecule has 2 aromatic carbocycles. The lowest BCUT2D eigenvalue weighted by Crippen LogP contribution is -2.40. The quantitative estimate of drug-likeness (QED) is 0.463. The molecule has 5 rings (SSSR count).